The van der Waals surface area contributed by atoms with Crippen molar-refractivity contribution in [2.24, 2.45) is 5.10 Å². The van der Waals surface area contributed by atoms with Crippen molar-refractivity contribution in [1.82, 2.24) is 9.99 Å². The van der Waals surface area contributed by atoms with E-state index in [0.717, 1.165) is 43.2 Å². The van der Waals surface area contributed by atoms with E-state index in [4.69, 9.17) is 11.6 Å². The number of hydrogen-bond donors (Lipinski definition) is 1. The molecule has 0 radical (unpaired) electrons. The maximum atomic E-state index is 12.5. The summed E-state index contributed by atoms with van der Waals surface area (Å²) >= 11 is 9.57. The molecule has 1 amide bonds. The van der Waals surface area contributed by atoms with Gasteiger partial charge in [0.1, 0.15) is 6.54 Å². The van der Waals surface area contributed by atoms with Crippen molar-refractivity contribution in [2.45, 2.75) is 20.8 Å². The van der Waals surface area contributed by atoms with Crippen molar-refractivity contribution in [1.29, 1.82) is 0 Å². The Bertz CT molecular complexity index is 1320. The molecule has 3 aromatic rings. The van der Waals surface area contributed by atoms with E-state index in [1.807, 2.05) is 51.1 Å². The van der Waals surface area contributed by atoms with Crippen LogP contribution in [0.25, 0.3) is 5.69 Å². The molecular formula is C23H24BrClN4O3S. The molecule has 0 aliphatic rings. The van der Waals surface area contributed by atoms with Crippen LogP contribution in [0.2, 0.25) is 5.02 Å². The minimum Gasteiger partial charge on any atom is -0.318 e. The first-order valence-corrected chi connectivity index (χ1v) is 13.0. The molecule has 10 heteroatoms. The van der Waals surface area contributed by atoms with E-state index in [2.05, 4.69) is 31.0 Å². The molecule has 2 aromatic carbocycles. The molecule has 0 bridgehead atoms. The van der Waals surface area contributed by atoms with Crippen LogP contribution in [0.5, 0.6) is 0 Å². The second-order valence-electron chi connectivity index (χ2n) is 7.63. The van der Waals surface area contributed by atoms with Crippen LogP contribution in [0.3, 0.4) is 0 Å². The average molecular weight is 552 g/mol. The van der Waals surface area contributed by atoms with E-state index in [1.54, 1.807) is 18.3 Å². The van der Waals surface area contributed by atoms with E-state index < -0.39 is 22.5 Å². The summed E-state index contributed by atoms with van der Waals surface area (Å²) in [7, 11) is -3.71. The van der Waals surface area contributed by atoms with Gasteiger partial charge in [-0.15, -0.1) is 0 Å². The lowest BCUT2D eigenvalue weighted by Crippen LogP contribution is -2.39. The van der Waals surface area contributed by atoms with Crippen LogP contribution in [0.4, 0.5) is 5.69 Å². The Morgan fingerprint density at radius 3 is 2.42 bits per heavy atom. The van der Waals surface area contributed by atoms with Crippen molar-refractivity contribution in [3.8, 4) is 5.69 Å². The topological polar surface area (TPSA) is 83.8 Å². The predicted octanol–water partition coefficient (Wildman–Crippen LogP) is 4.73. The number of amides is 1. The van der Waals surface area contributed by atoms with Crippen LogP contribution >= 0.6 is 27.5 Å². The number of carbonyl (C=O) groups is 1. The van der Waals surface area contributed by atoms with E-state index in [9.17, 15) is 13.2 Å². The number of aromatic nitrogens is 1. The number of benzene rings is 2. The van der Waals surface area contributed by atoms with Crippen LogP contribution in [0.1, 0.15) is 22.5 Å². The average Bonchev–Trinajstić information content (AvgIpc) is 3.01. The fourth-order valence-corrected chi connectivity index (χ4v) is 4.67. The Hall–Kier alpha value is -2.62. The van der Waals surface area contributed by atoms with Gasteiger partial charge in [-0.3, -0.25) is 9.10 Å². The summed E-state index contributed by atoms with van der Waals surface area (Å²) in [5, 5.41) is 4.45. The summed E-state index contributed by atoms with van der Waals surface area (Å²) < 4.78 is 28.6. The van der Waals surface area contributed by atoms with Gasteiger partial charge in [0, 0.05) is 32.1 Å². The van der Waals surface area contributed by atoms with Gasteiger partial charge in [-0.2, -0.15) is 5.10 Å². The molecule has 1 aromatic heterocycles. The fraction of sp³-hybridized carbons (Fsp3) is 0.217. The van der Waals surface area contributed by atoms with Crippen molar-refractivity contribution in [3.05, 3.63) is 80.5 Å². The maximum Gasteiger partial charge on any atom is 0.260 e. The molecule has 174 valence electrons. The Labute approximate surface area is 207 Å². The zero-order valence-electron chi connectivity index (χ0n) is 18.6. The zero-order chi connectivity index (χ0) is 24.3. The van der Waals surface area contributed by atoms with Gasteiger partial charge >= 0.3 is 0 Å². The maximum absolute atomic E-state index is 12.5. The van der Waals surface area contributed by atoms with Gasteiger partial charge in [0.15, 0.2) is 0 Å². The normalized spacial score (nSPS) is 11.7. The third kappa shape index (κ3) is 6.04. The number of nitrogens with one attached hydrogen (secondary N) is 1. The molecule has 33 heavy (non-hydrogen) atoms. The predicted molar refractivity (Wildman–Crippen MR) is 137 cm³/mol. The fourth-order valence-electron chi connectivity index (χ4n) is 3.38. The molecular weight excluding hydrogens is 528 g/mol. The Kier molecular flexibility index (Phi) is 7.66. The van der Waals surface area contributed by atoms with Crippen LogP contribution in [0, 0.1) is 20.8 Å². The smallest absolute Gasteiger partial charge is 0.260 e. The van der Waals surface area contributed by atoms with Gasteiger partial charge in [0.2, 0.25) is 10.0 Å². The lowest BCUT2D eigenvalue weighted by Gasteiger charge is -2.21. The summed E-state index contributed by atoms with van der Waals surface area (Å²) in [4.78, 5) is 12.5. The third-order valence-electron chi connectivity index (χ3n) is 5.08. The van der Waals surface area contributed by atoms with Crippen molar-refractivity contribution < 1.29 is 13.2 Å². The molecule has 0 fully saturated rings. The summed E-state index contributed by atoms with van der Waals surface area (Å²) in [6.07, 6.45) is 2.58. The van der Waals surface area contributed by atoms with E-state index in [-0.39, 0.29) is 0 Å². The number of aryl methyl sites for hydroxylation is 2. The number of hydrogen-bond acceptors (Lipinski definition) is 4. The molecule has 0 unspecified atom stereocenters. The largest absolute Gasteiger partial charge is 0.318 e. The number of anilines is 1. The monoisotopic (exact) mass is 550 g/mol. The first-order valence-electron chi connectivity index (χ1n) is 9.98. The Balaban J connectivity index is 1.74. The van der Waals surface area contributed by atoms with E-state index in [0.29, 0.717) is 10.7 Å². The molecule has 0 saturated heterocycles. The number of hydrazone groups is 1. The van der Waals surface area contributed by atoms with Gasteiger partial charge < -0.3 is 4.57 Å². The molecule has 0 saturated carbocycles. The molecule has 7 nitrogen and oxygen atoms in total. The van der Waals surface area contributed by atoms with Gasteiger partial charge in [-0.05, 0) is 68.8 Å². The molecule has 1 heterocycles. The molecule has 0 aliphatic carbocycles. The minimum absolute atomic E-state index is 0.310. The molecule has 0 spiro atoms. The highest BCUT2D eigenvalue weighted by Crippen LogP contribution is 2.25. The summed E-state index contributed by atoms with van der Waals surface area (Å²) in [6, 6.07) is 14.7. The molecule has 1 N–H and O–H groups in total. The number of nitrogens with zero attached hydrogens (tertiary/aromatic N) is 3. The van der Waals surface area contributed by atoms with E-state index in [1.165, 1.54) is 6.07 Å². The SMILES string of the molecule is Cc1ccc(N(CC(=O)N/N=C\c2cc(C)n(-c3ccc(Br)cc3)c2C)S(C)(=O)=O)cc1Cl. The highest BCUT2D eigenvalue weighted by molar-refractivity contribution is 9.10. The number of carbonyl (C=O) groups excluding carboxylic acids is 1. The standard InChI is InChI=1S/C23H24BrClN4O3S/c1-15-5-8-21(12-22(15)25)28(33(4,31)32)14-23(30)27-26-13-18-11-16(2)29(17(18)3)20-9-6-19(24)7-10-20/h5-13H,14H2,1-4H3,(H,27,30)/b26-13-. The van der Waals surface area contributed by atoms with Gasteiger partial charge in [-0.25, -0.2) is 13.8 Å². The van der Waals surface area contributed by atoms with Crippen LogP contribution in [-0.2, 0) is 14.8 Å². The first kappa shape index (κ1) is 25.0. The van der Waals surface area contributed by atoms with Gasteiger partial charge in [0.05, 0.1) is 18.2 Å². The highest BCUT2D eigenvalue weighted by atomic mass is 79.9. The lowest BCUT2D eigenvalue weighted by atomic mass is 10.2. The van der Waals surface area contributed by atoms with Crippen molar-refractivity contribution in [2.75, 3.05) is 17.1 Å². The molecule has 0 aliphatic heterocycles. The second kappa shape index (κ2) is 10.1. The molecule has 0 atom stereocenters. The van der Waals surface area contributed by atoms with Crippen molar-refractivity contribution >= 4 is 55.4 Å². The number of rotatable bonds is 7. The van der Waals surface area contributed by atoms with Gasteiger partial charge in [-0.1, -0.05) is 33.6 Å². The summed E-state index contributed by atoms with van der Waals surface area (Å²) in [5.41, 5.74) is 7.35. The van der Waals surface area contributed by atoms with Crippen molar-refractivity contribution in [3.63, 3.8) is 0 Å². The highest BCUT2D eigenvalue weighted by Gasteiger charge is 2.21. The second-order valence-corrected chi connectivity index (χ2v) is 10.9. The lowest BCUT2D eigenvalue weighted by molar-refractivity contribution is -0.119. The number of halogens is 2. The first-order chi connectivity index (χ1) is 15.5. The van der Waals surface area contributed by atoms with Crippen LogP contribution in [0.15, 0.2) is 58.1 Å². The Morgan fingerprint density at radius 2 is 1.82 bits per heavy atom. The van der Waals surface area contributed by atoms with E-state index >= 15 is 0 Å². The number of sulfonamides is 1. The Morgan fingerprint density at radius 1 is 1.15 bits per heavy atom. The third-order valence-corrected chi connectivity index (χ3v) is 7.16. The quantitative estimate of drug-likeness (QED) is 0.340. The van der Waals surface area contributed by atoms with Crippen LogP contribution in [-0.4, -0.2) is 37.9 Å². The van der Waals surface area contributed by atoms with Crippen LogP contribution < -0.4 is 9.73 Å². The minimum atomic E-state index is -3.71. The van der Waals surface area contributed by atoms with Gasteiger partial charge in [0.25, 0.3) is 5.91 Å². The molecule has 3 rings (SSSR count). The summed E-state index contributed by atoms with van der Waals surface area (Å²) in [5.74, 6) is -0.574. The zero-order valence-corrected chi connectivity index (χ0v) is 21.8. The summed E-state index contributed by atoms with van der Waals surface area (Å²) in [6.45, 7) is 5.34.